The summed E-state index contributed by atoms with van der Waals surface area (Å²) in [4.78, 5) is 19.4. The molecule has 2 N–H and O–H groups in total. The highest BCUT2D eigenvalue weighted by molar-refractivity contribution is 5.70. The van der Waals surface area contributed by atoms with Crippen LogP contribution in [0.1, 0.15) is 23.6 Å². The number of carboxylic acid groups (broad SMARTS) is 2. The van der Waals surface area contributed by atoms with Crippen molar-refractivity contribution in [3.8, 4) is 0 Å². The summed E-state index contributed by atoms with van der Waals surface area (Å²) in [6, 6.07) is 5.84. The largest absolute Gasteiger partial charge is 0.481 e. The Morgan fingerprint density at radius 3 is 1.75 bits per heavy atom. The molecular weight excluding hydrogens is 208 g/mol. The first-order valence-electron chi connectivity index (χ1n) is 4.79. The minimum absolute atomic E-state index is 0.114. The lowest BCUT2D eigenvalue weighted by atomic mass is 10.1. The molecule has 0 saturated carbocycles. The van der Waals surface area contributed by atoms with E-state index in [4.69, 9.17) is 15.0 Å². The highest BCUT2D eigenvalue weighted by Gasteiger charge is 2.00. The van der Waals surface area contributed by atoms with Gasteiger partial charge < -0.3 is 10.2 Å². The Hall–Kier alpha value is -1.84. The maximum Gasteiger partial charge on any atom is 0.307 e. The van der Waals surface area contributed by atoms with Crippen molar-refractivity contribution in [1.82, 2.24) is 0 Å². The summed E-state index contributed by atoms with van der Waals surface area (Å²) in [6.07, 6.45) is 0.114. The molecule has 1 aromatic rings. The Morgan fingerprint density at radius 1 is 1.06 bits per heavy atom. The third kappa shape index (κ3) is 7.55. The van der Waals surface area contributed by atoms with E-state index in [1.54, 1.807) is 0 Å². The van der Waals surface area contributed by atoms with Crippen molar-refractivity contribution in [3.05, 3.63) is 34.9 Å². The van der Waals surface area contributed by atoms with Crippen LogP contribution in [0.15, 0.2) is 18.2 Å². The summed E-state index contributed by atoms with van der Waals surface area (Å²) in [5.41, 5.74) is 3.11. The van der Waals surface area contributed by atoms with E-state index < -0.39 is 11.9 Å². The van der Waals surface area contributed by atoms with Crippen LogP contribution in [-0.4, -0.2) is 22.2 Å². The minimum Gasteiger partial charge on any atom is -0.481 e. The molecule has 88 valence electrons. The molecule has 0 aliphatic carbocycles. The summed E-state index contributed by atoms with van der Waals surface area (Å²) in [7, 11) is 0. The third-order valence-electron chi connectivity index (χ3n) is 1.64. The maximum atomic E-state index is 10.4. The van der Waals surface area contributed by atoms with Gasteiger partial charge in [0.25, 0.3) is 5.97 Å². The topological polar surface area (TPSA) is 74.6 Å². The van der Waals surface area contributed by atoms with Crippen molar-refractivity contribution in [3.63, 3.8) is 0 Å². The predicted molar refractivity (Wildman–Crippen MR) is 60.6 cm³/mol. The molecule has 0 aromatic heterocycles. The van der Waals surface area contributed by atoms with Crippen molar-refractivity contribution >= 4 is 11.9 Å². The van der Waals surface area contributed by atoms with Gasteiger partial charge in [0.15, 0.2) is 0 Å². The van der Waals surface area contributed by atoms with Crippen LogP contribution < -0.4 is 0 Å². The number of rotatable bonds is 2. The average molecular weight is 224 g/mol. The van der Waals surface area contributed by atoms with Gasteiger partial charge in [-0.05, 0) is 19.4 Å². The molecule has 0 fully saturated rings. The Morgan fingerprint density at radius 2 is 1.44 bits per heavy atom. The normalized spacial score (nSPS) is 8.94. The summed E-state index contributed by atoms with van der Waals surface area (Å²) in [5.74, 6) is -1.61. The number of hydrogen-bond acceptors (Lipinski definition) is 2. The Labute approximate surface area is 94.5 Å². The van der Waals surface area contributed by atoms with E-state index in [0.29, 0.717) is 0 Å². The minimum atomic E-state index is -0.833. The molecule has 0 unspecified atom stereocenters. The van der Waals surface area contributed by atoms with Crippen molar-refractivity contribution in [2.75, 3.05) is 0 Å². The van der Waals surface area contributed by atoms with E-state index in [-0.39, 0.29) is 6.42 Å². The molecule has 0 amide bonds. The smallest absolute Gasteiger partial charge is 0.307 e. The molecule has 0 spiro atoms. The van der Waals surface area contributed by atoms with Gasteiger partial charge in [0.2, 0.25) is 0 Å². The van der Waals surface area contributed by atoms with Crippen LogP contribution in [0.4, 0.5) is 0 Å². The first kappa shape index (κ1) is 14.2. The van der Waals surface area contributed by atoms with Gasteiger partial charge in [-0.3, -0.25) is 9.59 Å². The molecule has 0 bridgehead atoms. The van der Waals surface area contributed by atoms with Gasteiger partial charge in [-0.1, -0.05) is 29.3 Å². The zero-order valence-corrected chi connectivity index (χ0v) is 9.65. The van der Waals surface area contributed by atoms with Crippen LogP contribution in [0.3, 0.4) is 0 Å². The summed E-state index contributed by atoms with van der Waals surface area (Å²) < 4.78 is 0. The second-order valence-electron chi connectivity index (χ2n) is 3.59. The lowest BCUT2D eigenvalue weighted by Crippen LogP contribution is -2.00. The van der Waals surface area contributed by atoms with E-state index in [1.165, 1.54) is 0 Å². The van der Waals surface area contributed by atoms with Crippen LogP contribution in [0.5, 0.6) is 0 Å². The molecule has 0 atom stereocenters. The zero-order chi connectivity index (χ0) is 12.7. The van der Waals surface area contributed by atoms with Gasteiger partial charge in [-0.2, -0.15) is 0 Å². The number of carbonyl (C=O) groups is 2. The van der Waals surface area contributed by atoms with Crippen molar-refractivity contribution < 1.29 is 19.8 Å². The molecule has 4 nitrogen and oxygen atoms in total. The molecular formula is C12H16O4. The van der Waals surface area contributed by atoms with Crippen LogP contribution in [0.25, 0.3) is 0 Å². The quantitative estimate of drug-likeness (QED) is 0.805. The maximum absolute atomic E-state index is 10.4. The van der Waals surface area contributed by atoms with Crippen LogP contribution in [0, 0.1) is 13.8 Å². The van der Waals surface area contributed by atoms with Crippen LogP contribution in [-0.2, 0) is 16.0 Å². The summed E-state index contributed by atoms with van der Waals surface area (Å²) >= 11 is 0. The number of aryl methyl sites for hydroxylation is 2. The highest BCUT2D eigenvalue weighted by Crippen LogP contribution is 2.09. The molecule has 0 aliphatic rings. The number of hydrogen-bond donors (Lipinski definition) is 2. The van der Waals surface area contributed by atoms with Gasteiger partial charge in [0.1, 0.15) is 0 Å². The Balaban J connectivity index is 0.000000487. The van der Waals surface area contributed by atoms with Gasteiger partial charge in [0, 0.05) is 6.92 Å². The first-order chi connectivity index (χ1) is 7.31. The van der Waals surface area contributed by atoms with E-state index >= 15 is 0 Å². The molecule has 16 heavy (non-hydrogen) atoms. The highest BCUT2D eigenvalue weighted by atomic mass is 16.4. The Kier molecular flexibility index (Phi) is 5.85. The van der Waals surface area contributed by atoms with E-state index in [9.17, 15) is 4.79 Å². The lowest BCUT2D eigenvalue weighted by Gasteiger charge is -2.01. The average Bonchev–Trinajstić information content (AvgIpc) is 1.97. The molecule has 4 heteroatoms. The van der Waals surface area contributed by atoms with E-state index in [1.807, 2.05) is 32.0 Å². The Bertz CT molecular complexity index is 358. The number of carboxylic acids is 2. The van der Waals surface area contributed by atoms with E-state index in [2.05, 4.69) is 0 Å². The lowest BCUT2D eigenvalue weighted by molar-refractivity contribution is -0.136. The van der Waals surface area contributed by atoms with Crippen molar-refractivity contribution in [2.45, 2.75) is 27.2 Å². The third-order valence-corrected chi connectivity index (χ3v) is 1.64. The molecule has 0 radical (unpaired) electrons. The van der Waals surface area contributed by atoms with Gasteiger partial charge >= 0.3 is 5.97 Å². The number of benzene rings is 1. The van der Waals surface area contributed by atoms with Crippen molar-refractivity contribution in [1.29, 1.82) is 0 Å². The first-order valence-corrected chi connectivity index (χ1v) is 4.79. The number of aliphatic carboxylic acids is 2. The standard InChI is InChI=1S/C10H12O2.C2H4O2/c1-7-3-8(2)5-9(4-7)6-10(11)12;1-2(3)4/h3-5H,6H2,1-2H3,(H,11,12);1H3,(H,3,4). The van der Waals surface area contributed by atoms with Gasteiger partial charge in [0.05, 0.1) is 6.42 Å². The monoisotopic (exact) mass is 224 g/mol. The second kappa shape index (κ2) is 6.61. The molecule has 1 rings (SSSR count). The molecule has 1 aromatic carbocycles. The fraction of sp³-hybridized carbons (Fsp3) is 0.333. The fourth-order valence-corrected chi connectivity index (χ4v) is 1.35. The molecule has 0 saturated heterocycles. The summed E-state index contributed by atoms with van der Waals surface area (Å²) in [6.45, 7) is 5.02. The van der Waals surface area contributed by atoms with Gasteiger partial charge in [-0.25, -0.2) is 0 Å². The van der Waals surface area contributed by atoms with Gasteiger partial charge in [-0.15, -0.1) is 0 Å². The van der Waals surface area contributed by atoms with Crippen molar-refractivity contribution in [2.24, 2.45) is 0 Å². The SMILES string of the molecule is CC(=O)O.Cc1cc(C)cc(CC(=O)O)c1. The van der Waals surface area contributed by atoms with E-state index in [0.717, 1.165) is 23.6 Å². The second-order valence-corrected chi connectivity index (χ2v) is 3.59. The predicted octanol–water partition coefficient (Wildman–Crippen LogP) is 2.02. The summed E-state index contributed by atoms with van der Waals surface area (Å²) in [5, 5.41) is 16.0. The van der Waals surface area contributed by atoms with Crippen LogP contribution >= 0.6 is 0 Å². The zero-order valence-electron chi connectivity index (χ0n) is 9.65. The molecule has 0 aliphatic heterocycles. The van der Waals surface area contributed by atoms with Crippen LogP contribution in [0.2, 0.25) is 0 Å². The fourth-order valence-electron chi connectivity index (χ4n) is 1.35. The molecule has 0 heterocycles.